The van der Waals surface area contributed by atoms with Crippen LogP contribution in [0.1, 0.15) is 59.3 Å². The van der Waals surface area contributed by atoms with Crippen LogP contribution in [0.4, 0.5) is 0 Å². The van der Waals surface area contributed by atoms with Crippen molar-refractivity contribution in [1.82, 2.24) is 9.80 Å². The fraction of sp³-hybridized carbons (Fsp3) is 1.00. The van der Waals surface area contributed by atoms with Gasteiger partial charge in [0.05, 0.1) is 0 Å². The molecule has 0 aromatic carbocycles. The van der Waals surface area contributed by atoms with Crippen molar-refractivity contribution in [3.05, 3.63) is 0 Å². The number of rotatable bonds is 4. The fourth-order valence-corrected chi connectivity index (χ4v) is 3.56. The minimum Gasteiger partial charge on any atom is -0.299 e. The molecule has 0 radical (unpaired) electrons. The van der Waals surface area contributed by atoms with E-state index in [2.05, 4.69) is 30.6 Å². The van der Waals surface area contributed by atoms with Crippen LogP contribution in [0.3, 0.4) is 0 Å². The van der Waals surface area contributed by atoms with Crippen LogP contribution in [0, 0.1) is 5.92 Å². The molecule has 2 heteroatoms. The lowest BCUT2D eigenvalue weighted by molar-refractivity contribution is 0.119. The molecule has 0 aromatic rings. The van der Waals surface area contributed by atoms with E-state index in [0.717, 1.165) is 18.0 Å². The Morgan fingerprint density at radius 3 is 2.50 bits per heavy atom. The van der Waals surface area contributed by atoms with Gasteiger partial charge in [0, 0.05) is 18.6 Å². The molecule has 2 saturated heterocycles. The predicted molar refractivity (Wildman–Crippen MR) is 78.9 cm³/mol. The van der Waals surface area contributed by atoms with Gasteiger partial charge in [-0.3, -0.25) is 9.80 Å². The van der Waals surface area contributed by atoms with Crippen molar-refractivity contribution in [3.63, 3.8) is 0 Å². The molecule has 0 bridgehead atoms. The molecule has 2 fully saturated rings. The van der Waals surface area contributed by atoms with Gasteiger partial charge in [-0.15, -0.1) is 0 Å². The highest BCUT2D eigenvalue weighted by Crippen LogP contribution is 2.23. The number of nitrogens with zero attached hydrogens (tertiary/aromatic N) is 2. The lowest BCUT2D eigenvalue weighted by Crippen LogP contribution is -2.45. The summed E-state index contributed by atoms with van der Waals surface area (Å²) in [6, 6.07) is 1.65. The zero-order valence-electron chi connectivity index (χ0n) is 12.7. The fourth-order valence-electron chi connectivity index (χ4n) is 3.56. The predicted octanol–water partition coefficient (Wildman–Crippen LogP) is 3.37. The second kappa shape index (κ2) is 6.91. The first kappa shape index (κ1) is 14.3. The summed E-state index contributed by atoms with van der Waals surface area (Å²) in [5.74, 6) is 0.852. The number of fused-ring (bicyclic) bond motifs is 1. The van der Waals surface area contributed by atoms with E-state index in [0.29, 0.717) is 0 Å². The summed E-state index contributed by atoms with van der Waals surface area (Å²) in [4.78, 5) is 5.54. The van der Waals surface area contributed by atoms with Gasteiger partial charge in [0.15, 0.2) is 0 Å². The smallest absolute Gasteiger partial charge is 0.0223 e. The van der Waals surface area contributed by atoms with Crippen LogP contribution in [-0.4, -0.2) is 48.1 Å². The molecule has 2 nitrogen and oxygen atoms in total. The summed E-state index contributed by atoms with van der Waals surface area (Å²) in [6.45, 7) is 12.5. The Hall–Kier alpha value is -0.0800. The lowest BCUT2D eigenvalue weighted by atomic mass is 10.0. The molecular weight excluding hydrogens is 220 g/mol. The van der Waals surface area contributed by atoms with Crippen LogP contribution in [0.2, 0.25) is 0 Å². The standard InChI is InChI=1S/C16H32N2/c1-14(2)8-9-15(3)18-12-6-11-17-10-5-4-7-16(17)13-18/h14-16H,4-13H2,1-3H3. The van der Waals surface area contributed by atoms with Crippen LogP contribution < -0.4 is 0 Å². The van der Waals surface area contributed by atoms with Gasteiger partial charge in [-0.05, 0) is 64.6 Å². The Morgan fingerprint density at radius 2 is 1.72 bits per heavy atom. The molecule has 2 aliphatic heterocycles. The Morgan fingerprint density at radius 1 is 0.944 bits per heavy atom. The maximum Gasteiger partial charge on any atom is 0.0223 e. The van der Waals surface area contributed by atoms with Crippen molar-refractivity contribution in [2.75, 3.05) is 26.2 Å². The van der Waals surface area contributed by atoms with Crippen molar-refractivity contribution < 1.29 is 0 Å². The minimum absolute atomic E-state index is 0.786. The average Bonchev–Trinajstić information content (AvgIpc) is 2.57. The normalized spacial score (nSPS) is 29.0. The van der Waals surface area contributed by atoms with Crippen molar-refractivity contribution >= 4 is 0 Å². The molecule has 2 atom stereocenters. The molecule has 0 N–H and O–H groups in total. The zero-order chi connectivity index (χ0) is 13.0. The molecule has 106 valence electrons. The quantitative estimate of drug-likeness (QED) is 0.757. The number of hydrogen-bond donors (Lipinski definition) is 0. The SMILES string of the molecule is CC(C)CCC(C)N1CCCN2CCCCC2C1. The number of hydrogen-bond acceptors (Lipinski definition) is 2. The first-order chi connectivity index (χ1) is 8.66. The maximum absolute atomic E-state index is 2.78. The summed E-state index contributed by atoms with van der Waals surface area (Å²) < 4.78 is 0. The molecule has 0 aliphatic carbocycles. The molecular formula is C16H32N2. The van der Waals surface area contributed by atoms with Gasteiger partial charge in [-0.1, -0.05) is 20.3 Å². The largest absolute Gasteiger partial charge is 0.299 e. The minimum atomic E-state index is 0.786. The highest BCUT2D eigenvalue weighted by Gasteiger charge is 2.28. The van der Waals surface area contributed by atoms with E-state index in [1.54, 1.807) is 0 Å². The summed E-state index contributed by atoms with van der Waals surface area (Å²) in [6.07, 6.45) is 8.46. The molecule has 0 spiro atoms. The summed E-state index contributed by atoms with van der Waals surface area (Å²) in [7, 11) is 0. The highest BCUT2D eigenvalue weighted by atomic mass is 15.3. The first-order valence-corrected chi connectivity index (χ1v) is 8.15. The van der Waals surface area contributed by atoms with Crippen molar-refractivity contribution in [1.29, 1.82) is 0 Å². The molecule has 0 saturated carbocycles. The summed E-state index contributed by atoms with van der Waals surface area (Å²) in [5.41, 5.74) is 0. The van der Waals surface area contributed by atoms with Crippen LogP contribution in [-0.2, 0) is 0 Å². The van der Waals surface area contributed by atoms with Crippen LogP contribution in [0.5, 0.6) is 0 Å². The third-order valence-electron chi connectivity index (χ3n) is 4.87. The Balaban J connectivity index is 1.84. The lowest BCUT2D eigenvalue weighted by Gasteiger charge is -2.37. The topological polar surface area (TPSA) is 6.48 Å². The van der Waals surface area contributed by atoms with Gasteiger partial charge in [0.2, 0.25) is 0 Å². The van der Waals surface area contributed by atoms with E-state index in [4.69, 9.17) is 0 Å². The van der Waals surface area contributed by atoms with Gasteiger partial charge in [0.25, 0.3) is 0 Å². The first-order valence-electron chi connectivity index (χ1n) is 8.15. The molecule has 18 heavy (non-hydrogen) atoms. The Kier molecular flexibility index (Phi) is 5.50. The van der Waals surface area contributed by atoms with Crippen LogP contribution in [0.25, 0.3) is 0 Å². The van der Waals surface area contributed by atoms with Gasteiger partial charge in [-0.25, -0.2) is 0 Å². The summed E-state index contributed by atoms with van der Waals surface area (Å²) >= 11 is 0. The average molecular weight is 252 g/mol. The van der Waals surface area contributed by atoms with Gasteiger partial charge in [0.1, 0.15) is 0 Å². The van der Waals surface area contributed by atoms with Gasteiger partial charge in [-0.2, -0.15) is 0 Å². The van der Waals surface area contributed by atoms with Crippen molar-refractivity contribution in [2.24, 2.45) is 5.92 Å². The maximum atomic E-state index is 2.78. The van der Waals surface area contributed by atoms with E-state index in [1.807, 2.05) is 0 Å². The highest BCUT2D eigenvalue weighted by molar-refractivity contribution is 4.85. The second-order valence-electron chi connectivity index (χ2n) is 6.85. The third-order valence-corrected chi connectivity index (χ3v) is 4.87. The van der Waals surface area contributed by atoms with Crippen LogP contribution >= 0.6 is 0 Å². The monoisotopic (exact) mass is 252 g/mol. The molecule has 2 unspecified atom stereocenters. The zero-order valence-corrected chi connectivity index (χ0v) is 12.7. The van der Waals surface area contributed by atoms with Gasteiger partial charge < -0.3 is 0 Å². The second-order valence-corrected chi connectivity index (χ2v) is 6.85. The van der Waals surface area contributed by atoms with E-state index in [-0.39, 0.29) is 0 Å². The summed E-state index contributed by atoms with van der Waals surface area (Å²) in [5, 5.41) is 0. The van der Waals surface area contributed by atoms with Crippen molar-refractivity contribution in [2.45, 2.75) is 71.4 Å². The molecule has 2 aliphatic rings. The molecule has 2 rings (SSSR count). The Labute approximate surface area is 114 Å². The van der Waals surface area contributed by atoms with E-state index in [9.17, 15) is 0 Å². The Bertz CT molecular complexity index is 239. The molecule has 2 heterocycles. The molecule has 0 aromatic heterocycles. The van der Waals surface area contributed by atoms with E-state index < -0.39 is 0 Å². The third kappa shape index (κ3) is 3.96. The van der Waals surface area contributed by atoms with Crippen LogP contribution in [0.15, 0.2) is 0 Å². The van der Waals surface area contributed by atoms with E-state index >= 15 is 0 Å². The van der Waals surface area contributed by atoms with Crippen molar-refractivity contribution in [3.8, 4) is 0 Å². The number of piperidine rings is 1. The van der Waals surface area contributed by atoms with Gasteiger partial charge >= 0.3 is 0 Å². The van der Waals surface area contributed by atoms with E-state index in [1.165, 1.54) is 64.7 Å². The molecule has 0 amide bonds.